The van der Waals surface area contributed by atoms with Crippen LogP contribution < -0.4 is 5.73 Å². The maximum atomic E-state index is 9.36. The Kier molecular flexibility index (Phi) is 2.83. The van der Waals surface area contributed by atoms with Crippen molar-refractivity contribution in [1.29, 1.82) is 0 Å². The summed E-state index contributed by atoms with van der Waals surface area (Å²) in [6.07, 6.45) is 6.51. The lowest BCUT2D eigenvalue weighted by Gasteiger charge is -2.45. The summed E-state index contributed by atoms with van der Waals surface area (Å²) in [6.45, 7) is 0. The molecule has 0 aliphatic heterocycles. The van der Waals surface area contributed by atoms with Gasteiger partial charge in [0.2, 0.25) is 0 Å². The number of rotatable bonds is 1. The Labute approximate surface area is 103 Å². The third kappa shape index (κ3) is 1.95. The first-order valence-corrected chi connectivity index (χ1v) is 6.80. The lowest BCUT2D eigenvalue weighted by molar-refractivity contribution is 0.128. The first kappa shape index (κ1) is 11.1. The van der Waals surface area contributed by atoms with Crippen molar-refractivity contribution >= 4 is 0 Å². The van der Waals surface area contributed by atoms with Gasteiger partial charge in [-0.25, -0.2) is 0 Å². The maximum Gasteiger partial charge on any atom is 0.115 e. The monoisotopic (exact) mass is 231 g/mol. The summed E-state index contributed by atoms with van der Waals surface area (Å²) in [5, 5.41) is 9.36. The molecule has 2 fully saturated rings. The van der Waals surface area contributed by atoms with Crippen LogP contribution in [-0.4, -0.2) is 11.1 Å². The van der Waals surface area contributed by atoms with Crippen molar-refractivity contribution in [3.05, 3.63) is 29.8 Å². The zero-order valence-electron chi connectivity index (χ0n) is 10.2. The standard InChI is InChI=1S/C15H21NO/c16-15-11-2-1-3-14(15)13(9-6-11)10-4-7-12(17)8-5-10/h4-5,7-8,11,13-15,17H,1-3,6,9,16H2/t11-,13-,14+,15+/m1/s1. The van der Waals surface area contributed by atoms with E-state index in [-0.39, 0.29) is 0 Å². The summed E-state index contributed by atoms with van der Waals surface area (Å²) in [6, 6.07) is 8.14. The van der Waals surface area contributed by atoms with Gasteiger partial charge in [0.1, 0.15) is 5.75 Å². The summed E-state index contributed by atoms with van der Waals surface area (Å²) >= 11 is 0. The molecule has 3 rings (SSSR count). The molecule has 2 aliphatic carbocycles. The van der Waals surface area contributed by atoms with Gasteiger partial charge in [-0.15, -0.1) is 0 Å². The highest BCUT2D eigenvalue weighted by atomic mass is 16.3. The van der Waals surface area contributed by atoms with E-state index in [1.807, 2.05) is 0 Å². The largest absolute Gasteiger partial charge is 0.508 e. The van der Waals surface area contributed by atoms with Crippen molar-refractivity contribution in [3.63, 3.8) is 0 Å². The third-order valence-corrected chi connectivity index (χ3v) is 4.84. The lowest BCUT2D eigenvalue weighted by Crippen LogP contribution is -2.46. The zero-order chi connectivity index (χ0) is 11.8. The van der Waals surface area contributed by atoms with Crippen molar-refractivity contribution < 1.29 is 5.11 Å². The van der Waals surface area contributed by atoms with Crippen LogP contribution in [0.4, 0.5) is 0 Å². The first-order chi connectivity index (χ1) is 8.25. The molecule has 0 aromatic heterocycles. The minimum atomic E-state index is 0.357. The van der Waals surface area contributed by atoms with E-state index in [1.165, 1.54) is 37.7 Å². The second kappa shape index (κ2) is 4.34. The minimum absolute atomic E-state index is 0.357. The number of aromatic hydroxyl groups is 1. The molecule has 0 heterocycles. The van der Waals surface area contributed by atoms with Crippen LogP contribution in [0.1, 0.15) is 43.6 Å². The van der Waals surface area contributed by atoms with Crippen molar-refractivity contribution in [2.24, 2.45) is 17.6 Å². The van der Waals surface area contributed by atoms with Gasteiger partial charge in [-0.2, -0.15) is 0 Å². The predicted octanol–water partition coefficient (Wildman–Crippen LogP) is 3.01. The highest BCUT2D eigenvalue weighted by molar-refractivity contribution is 5.29. The van der Waals surface area contributed by atoms with Crippen LogP contribution in [0, 0.1) is 11.8 Å². The molecule has 17 heavy (non-hydrogen) atoms. The van der Waals surface area contributed by atoms with Gasteiger partial charge in [0.05, 0.1) is 0 Å². The quantitative estimate of drug-likeness (QED) is 0.780. The number of phenols is 1. The highest BCUT2D eigenvalue weighted by Gasteiger charge is 2.40. The maximum absolute atomic E-state index is 9.36. The number of hydrogen-bond acceptors (Lipinski definition) is 2. The Morgan fingerprint density at radius 2 is 1.76 bits per heavy atom. The molecule has 4 atom stereocenters. The molecule has 2 saturated carbocycles. The van der Waals surface area contributed by atoms with Gasteiger partial charge in [-0.05, 0) is 61.1 Å². The average molecular weight is 231 g/mol. The van der Waals surface area contributed by atoms with Crippen molar-refractivity contribution in [2.75, 3.05) is 0 Å². The molecule has 2 bridgehead atoms. The zero-order valence-corrected chi connectivity index (χ0v) is 10.2. The number of fused-ring (bicyclic) bond motifs is 2. The van der Waals surface area contributed by atoms with E-state index in [9.17, 15) is 5.11 Å². The molecule has 2 heteroatoms. The Balaban J connectivity index is 1.85. The Morgan fingerprint density at radius 1 is 1.00 bits per heavy atom. The molecule has 1 aromatic rings. The molecule has 0 saturated heterocycles. The van der Waals surface area contributed by atoms with Gasteiger partial charge < -0.3 is 10.8 Å². The van der Waals surface area contributed by atoms with Crippen molar-refractivity contribution in [3.8, 4) is 5.75 Å². The summed E-state index contributed by atoms with van der Waals surface area (Å²) < 4.78 is 0. The van der Waals surface area contributed by atoms with Crippen LogP contribution in [0.5, 0.6) is 5.75 Å². The fourth-order valence-electron chi connectivity index (χ4n) is 3.90. The molecule has 2 aliphatic rings. The number of phenolic OH excluding ortho intramolecular Hbond substituents is 1. The molecule has 0 unspecified atom stereocenters. The van der Waals surface area contributed by atoms with Gasteiger partial charge in [0, 0.05) is 6.04 Å². The molecular formula is C15H21NO. The summed E-state index contributed by atoms with van der Waals surface area (Å²) in [5.41, 5.74) is 7.76. The van der Waals surface area contributed by atoms with E-state index < -0.39 is 0 Å². The predicted molar refractivity (Wildman–Crippen MR) is 68.9 cm³/mol. The lowest BCUT2D eigenvalue weighted by atomic mass is 9.62. The van der Waals surface area contributed by atoms with E-state index >= 15 is 0 Å². The van der Waals surface area contributed by atoms with E-state index in [0.717, 1.165) is 5.92 Å². The Morgan fingerprint density at radius 3 is 2.53 bits per heavy atom. The summed E-state index contributed by atoms with van der Waals surface area (Å²) in [5.74, 6) is 2.40. The second-order valence-electron chi connectivity index (χ2n) is 5.71. The number of hydrogen-bond donors (Lipinski definition) is 2. The molecule has 1 aromatic carbocycles. The van der Waals surface area contributed by atoms with Crippen LogP contribution >= 0.6 is 0 Å². The summed E-state index contributed by atoms with van der Waals surface area (Å²) in [4.78, 5) is 0. The molecule has 92 valence electrons. The normalized spacial score (nSPS) is 36.8. The Hall–Kier alpha value is -1.02. The van der Waals surface area contributed by atoms with Gasteiger partial charge in [-0.3, -0.25) is 0 Å². The molecule has 2 nitrogen and oxygen atoms in total. The van der Waals surface area contributed by atoms with E-state index in [0.29, 0.717) is 23.6 Å². The fraction of sp³-hybridized carbons (Fsp3) is 0.600. The summed E-state index contributed by atoms with van der Waals surface area (Å²) in [7, 11) is 0. The van der Waals surface area contributed by atoms with E-state index in [4.69, 9.17) is 5.73 Å². The first-order valence-electron chi connectivity index (χ1n) is 6.80. The molecule has 0 radical (unpaired) electrons. The van der Waals surface area contributed by atoms with Crippen LogP contribution in [-0.2, 0) is 0 Å². The van der Waals surface area contributed by atoms with Gasteiger partial charge in [0.25, 0.3) is 0 Å². The molecular weight excluding hydrogens is 210 g/mol. The van der Waals surface area contributed by atoms with Crippen LogP contribution in [0.2, 0.25) is 0 Å². The van der Waals surface area contributed by atoms with E-state index in [2.05, 4.69) is 12.1 Å². The second-order valence-corrected chi connectivity index (χ2v) is 5.71. The van der Waals surface area contributed by atoms with Crippen molar-refractivity contribution in [1.82, 2.24) is 0 Å². The third-order valence-electron chi connectivity index (χ3n) is 4.84. The Bertz CT molecular complexity index is 386. The molecule has 0 spiro atoms. The average Bonchev–Trinajstić information content (AvgIpc) is 2.31. The van der Waals surface area contributed by atoms with Gasteiger partial charge in [0.15, 0.2) is 0 Å². The van der Waals surface area contributed by atoms with Gasteiger partial charge in [-0.1, -0.05) is 18.6 Å². The number of benzene rings is 1. The smallest absolute Gasteiger partial charge is 0.115 e. The molecule has 0 amide bonds. The highest BCUT2D eigenvalue weighted by Crippen LogP contribution is 2.47. The fourth-order valence-corrected chi connectivity index (χ4v) is 3.90. The van der Waals surface area contributed by atoms with Gasteiger partial charge >= 0.3 is 0 Å². The SMILES string of the molecule is N[C@H]1[C@@H]2CCC[C@H]1[C@@H](c1ccc(O)cc1)CC2. The van der Waals surface area contributed by atoms with Crippen LogP contribution in [0.15, 0.2) is 24.3 Å². The van der Waals surface area contributed by atoms with E-state index in [1.54, 1.807) is 12.1 Å². The van der Waals surface area contributed by atoms with Crippen LogP contribution in [0.3, 0.4) is 0 Å². The number of nitrogens with two attached hydrogens (primary N) is 1. The molecule has 3 N–H and O–H groups in total. The van der Waals surface area contributed by atoms with Crippen molar-refractivity contribution in [2.45, 2.75) is 44.1 Å². The topological polar surface area (TPSA) is 46.2 Å². The van der Waals surface area contributed by atoms with Crippen LogP contribution in [0.25, 0.3) is 0 Å². The minimum Gasteiger partial charge on any atom is -0.508 e.